The standard InChI is InChI=1S/C12H22N2OS2/c1-11(15)13-3-2-4-14(6-5-13)12-9-16-7-8-17-10-12/h12H,2-10H2,1H3. The summed E-state index contributed by atoms with van der Waals surface area (Å²) in [5, 5.41) is 0. The van der Waals surface area contributed by atoms with Gasteiger partial charge in [-0.25, -0.2) is 0 Å². The van der Waals surface area contributed by atoms with Gasteiger partial charge in [-0.15, -0.1) is 0 Å². The molecular formula is C12H22N2OS2. The van der Waals surface area contributed by atoms with Gasteiger partial charge in [0, 0.05) is 62.2 Å². The maximum atomic E-state index is 11.4. The van der Waals surface area contributed by atoms with E-state index in [2.05, 4.69) is 28.4 Å². The molecule has 0 aliphatic carbocycles. The lowest BCUT2D eigenvalue weighted by Crippen LogP contribution is -2.41. The maximum absolute atomic E-state index is 11.4. The summed E-state index contributed by atoms with van der Waals surface area (Å²) in [5.41, 5.74) is 0. The Kier molecular flexibility index (Phi) is 5.50. The Bertz CT molecular complexity index is 255. The molecule has 0 spiro atoms. The number of thioether (sulfide) groups is 2. The Morgan fingerprint density at radius 2 is 1.76 bits per heavy atom. The first kappa shape index (κ1) is 13.6. The Morgan fingerprint density at radius 1 is 1.06 bits per heavy atom. The zero-order chi connectivity index (χ0) is 12.1. The third-order valence-electron chi connectivity index (χ3n) is 3.48. The van der Waals surface area contributed by atoms with Gasteiger partial charge in [0.15, 0.2) is 0 Å². The van der Waals surface area contributed by atoms with Crippen LogP contribution in [0.25, 0.3) is 0 Å². The summed E-state index contributed by atoms with van der Waals surface area (Å²) in [7, 11) is 0. The highest BCUT2D eigenvalue weighted by Gasteiger charge is 2.23. The first-order valence-electron chi connectivity index (χ1n) is 6.42. The van der Waals surface area contributed by atoms with E-state index in [1.54, 1.807) is 6.92 Å². The molecule has 5 heteroatoms. The van der Waals surface area contributed by atoms with Gasteiger partial charge in [0.1, 0.15) is 0 Å². The van der Waals surface area contributed by atoms with Crippen LogP contribution in [-0.4, -0.2) is 70.9 Å². The minimum Gasteiger partial charge on any atom is -0.342 e. The van der Waals surface area contributed by atoms with Crippen LogP contribution in [0.3, 0.4) is 0 Å². The van der Waals surface area contributed by atoms with Crippen LogP contribution in [0.1, 0.15) is 13.3 Å². The second-order valence-corrected chi connectivity index (χ2v) is 7.00. The zero-order valence-corrected chi connectivity index (χ0v) is 12.2. The topological polar surface area (TPSA) is 23.6 Å². The van der Waals surface area contributed by atoms with E-state index in [0.29, 0.717) is 0 Å². The maximum Gasteiger partial charge on any atom is 0.219 e. The van der Waals surface area contributed by atoms with Gasteiger partial charge in [-0.3, -0.25) is 9.69 Å². The van der Waals surface area contributed by atoms with Crippen molar-refractivity contribution in [3.63, 3.8) is 0 Å². The fourth-order valence-corrected chi connectivity index (χ4v) is 5.06. The summed E-state index contributed by atoms with van der Waals surface area (Å²) < 4.78 is 0. The second kappa shape index (κ2) is 6.90. The summed E-state index contributed by atoms with van der Waals surface area (Å²) in [6.07, 6.45) is 1.13. The Morgan fingerprint density at radius 3 is 2.41 bits per heavy atom. The lowest BCUT2D eigenvalue weighted by Gasteiger charge is -2.29. The Balaban J connectivity index is 1.86. The normalized spacial score (nSPS) is 25.4. The Labute approximate surface area is 113 Å². The number of hydrogen-bond acceptors (Lipinski definition) is 4. The van der Waals surface area contributed by atoms with Crippen molar-refractivity contribution in [3.05, 3.63) is 0 Å². The predicted octanol–water partition coefficient (Wildman–Crippen LogP) is 1.39. The molecule has 2 heterocycles. The molecule has 0 bridgehead atoms. The molecule has 0 aromatic rings. The molecule has 0 radical (unpaired) electrons. The minimum atomic E-state index is 0.233. The van der Waals surface area contributed by atoms with Crippen molar-refractivity contribution in [2.24, 2.45) is 0 Å². The first-order chi connectivity index (χ1) is 8.27. The average Bonchev–Trinajstić information content (AvgIpc) is 2.71. The van der Waals surface area contributed by atoms with E-state index < -0.39 is 0 Å². The summed E-state index contributed by atoms with van der Waals surface area (Å²) >= 11 is 4.18. The number of rotatable bonds is 1. The third-order valence-corrected chi connectivity index (χ3v) is 5.97. The smallest absolute Gasteiger partial charge is 0.219 e. The van der Waals surface area contributed by atoms with Crippen molar-refractivity contribution in [2.45, 2.75) is 19.4 Å². The minimum absolute atomic E-state index is 0.233. The number of amides is 1. The van der Waals surface area contributed by atoms with Crippen LogP contribution in [0.2, 0.25) is 0 Å². The number of carbonyl (C=O) groups excluding carboxylic acids is 1. The van der Waals surface area contributed by atoms with E-state index in [4.69, 9.17) is 0 Å². The average molecular weight is 274 g/mol. The first-order valence-corrected chi connectivity index (χ1v) is 8.73. The molecular weight excluding hydrogens is 252 g/mol. The van der Waals surface area contributed by atoms with Crippen LogP contribution in [0, 0.1) is 0 Å². The number of hydrogen-bond donors (Lipinski definition) is 0. The summed E-state index contributed by atoms with van der Waals surface area (Å²) in [6, 6.07) is 0.722. The van der Waals surface area contributed by atoms with E-state index in [9.17, 15) is 4.79 Å². The van der Waals surface area contributed by atoms with E-state index in [-0.39, 0.29) is 5.91 Å². The molecule has 2 aliphatic rings. The number of carbonyl (C=O) groups is 1. The van der Waals surface area contributed by atoms with Crippen molar-refractivity contribution in [1.29, 1.82) is 0 Å². The third kappa shape index (κ3) is 4.07. The van der Waals surface area contributed by atoms with E-state index in [1.165, 1.54) is 23.0 Å². The largest absolute Gasteiger partial charge is 0.342 e. The quantitative estimate of drug-likeness (QED) is 0.721. The second-order valence-electron chi connectivity index (χ2n) is 4.70. The molecule has 2 fully saturated rings. The molecule has 0 aromatic carbocycles. The van der Waals surface area contributed by atoms with Crippen molar-refractivity contribution in [1.82, 2.24) is 9.80 Å². The van der Waals surface area contributed by atoms with Gasteiger partial charge in [0.05, 0.1) is 0 Å². The molecule has 98 valence electrons. The predicted molar refractivity (Wildman–Crippen MR) is 76.9 cm³/mol. The van der Waals surface area contributed by atoms with Crippen molar-refractivity contribution in [2.75, 3.05) is 49.2 Å². The van der Waals surface area contributed by atoms with Crippen molar-refractivity contribution >= 4 is 29.4 Å². The fraction of sp³-hybridized carbons (Fsp3) is 0.917. The highest BCUT2D eigenvalue weighted by molar-refractivity contribution is 8.03. The molecule has 3 nitrogen and oxygen atoms in total. The van der Waals surface area contributed by atoms with Crippen molar-refractivity contribution in [3.8, 4) is 0 Å². The van der Waals surface area contributed by atoms with Crippen molar-refractivity contribution < 1.29 is 4.79 Å². The van der Waals surface area contributed by atoms with Crippen LogP contribution in [-0.2, 0) is 4.79 Å². The van der Waals surface area contributed by atoms with E-state index in [0.717, 1.165) is 38.6 Å². The van der Waals surface area contributed by atoms with Gasteiger partial charge in [-0.2, -0.15) is 23.5 Å². The SMILES string of the molecule is CC(=O)N1CCCN(C2CSCCSC2)CC1. The van der Waals surface area contributed by atoms with E-state index in [1.807, 2.05) is 4.90 Å². The van der Waals surface area contributed by atoms with Gasteiger partial charge in [-0.1, -0.05) is 0 Å². The molecule has 0 aromatic heterocycles. The van der Waals surface area contributed by atoms with Crippen LogP contribution < -0.4 is 0 Å². The number of nitrogens with zero attached hydrogens (tertiary/aromatic N) is 2. The Hall–Kier alpha value is 0.130. The van der Waals surface area contributed by atoms with Gasteiger partial charge in [0.25, 0.3) is 0 Å². The van der Waals surface area contributed by atoms with E-state index >= 15 is 0 Å². The van der Waals surface area contributed by atoms with Crippen LogP contribution in [0.4, 0.5) is 0 Å². The summed E-state index contributed by atoms with van der Waals surface area (Å²) in [6.45, 7) is 5.77. The van der Waals surface area contributed by atoms with Gasteiger partial charge < -0.3 is 4.90 Å². The molecule has 2 rings (SSSR count). The summed E-state index contributed by atoms with van der Waals surface area (Å²) in [5.74, 6) is 5.38. The monoisotopic (exact) mass is 274 g/mol. The molecule has 0 saturated carbocycles. The lowest BCUT2D eigenvalue weighted by molar-refractivity contribution is -0.128. The zero-order valence-electron chi connectivity index (χ0n) is 10.6. The van der Waals surface area contributed by atoms with Gasteiger partial charge in [0.2, 0.25) is 5.91 Å². The molecule has 0 N–H and O–H groups in total. The van der Waals surface area contributed by atoms with Gasteiger partial charge in [-0.05, 0) is 6.42 Å². The highest BCUT2D eigenvalue weighted by Crippen LogP contribution is 2.21. The lowest BCUT2D eigenvalue weighted by atomic mass is 10.3. The molecule has 2 saturated heterocycles. The molecule has 2 aliphatic heterocycles. The van der Waals surface area contributed by atoms with Gasteiger partial charge >= 0.3 is 0 Å². The van der Waals surface area contributed by atoms with Crippen LogP contribution in [0.5, 0.6) is 0 Å². The molecule has 1 amide bonds. The molecule has 0 unspecified atom stereocenters. The molecule has 17 heavy (non-hydrogen) atoms. The molecule has 0 atom stereocenters. The van der Waals surface area contributed by atoms with Crippen LogP contribution >= 0.6 is 23.5 Å². The fourth-order valence-electron chi connectivity index (χ4n) is 2.43. The highest BCUT2D eigenvalue weighted by atomic mass is 32.2. The van der Waals surface area contributed by atoms with Crippen LogP contribution in [0.15, 0.2) is 0 Å². The summed E-state index contributed by atoms with van der Waals surface area (Å²) in [4.78, 5) is 16.0.